The van der Waals surface area contributed by atoms with Gasteiger partial charge in [0.2, 0.25) is 0 Å². The van der Waals surface area contributed by atoms with Crippen LogP contribution in [-0.2, 0) is 13.1 Å². The molecule has 0 aliphatic rings. The van der Waals surface area contributed by atoms with E-state index in [0.29, 0.717) is 13.1 Å². The third-order valence-corrected chi connectivity index (χ3v) is 3.54. The van der Waals surface area contributed by atoms with Crippen LogP contribution in [0, 0.1) is 6.92 Å². The molecule has 0 aliphatic heterocycles. The van der Waals surface area contributed by atoms with Crippen molar-refractivity contribution in [3.63, 3.8) is 0 Å². The maximum Gasteiger partial charge on any atom is 0.272 e. The van der Waals surface area contributed by atoms with Crippen LogP contribution in [0.1, 0.15) is 33.7 Å². The normalized spacial score (nSPS) is 10.5. The SMILES string of the molecule is CCCn1nc(C(=O)NCc2cnc(C)s2)ccc1=O. The van der Waals surface area contributed by atoms with E-state index in [1.807, 2.05) is 13.8 Å². The van der Waals surface area contributed by atoms with Gasteiger partial charge in [0, 0.05) is 23.7 Å². The first kappa shape index (κ1) is 14.4. The predicted molar refractivity (Wildman–Crippen MR) is 76.8 cm³/mol. The Bertz CT molecular complexity index is 662. The van der Waals surface area contributed by atoms with E-state index >= 15 is 0 Å². The van der Waals surface area contributed by atoms with Gasteiger partial charge in [-0.3, -0.25) is 9.59 Å². The molecule has 2 heterocycles. The average molecular weight is 292 g/mol. The van der Waals surface area contributed by atoms with E-state index in [1.54, 1.807) is 6.20 Å². The first-order valence-corrected chi connectivity index (χ1v) is 7.19. The number of aryl methyl sites for hydroxylation is 2. The molecule has 0 aromatic carbocycles. The van der Waals surface area contributed by atoms with Gasteiger partial charge in [-0.15, -0.1) is 11.3 Å². The first-order valence-electron chi connectivity index (χ1n) is 6.38. The number of thiazole rings is 1. The molecule has 0 unspecified atom stereocenters. The van der Waals surface area contributed by atoms with E-state index in [1.165, 1.54) is 28.2 Å². The number of nitrogens with zero attached hydrogens (tertiary/aromatic N) is 3. The maximum atomic E-state index is 12.0. The summed E-state index contributed by atoms with van der Waals surface area (Å²) in [6, 6.07) is 2.82. The van der Waals surface area contributed by atoms with Gasteiger partial charge in [0.25, 0.3) is 11.5 Å². The molecule has 0 fully saturated rings. The van der Waals surface area contributed by atoms with Crippen molar-refractivity contribution in [3.8, 4) is 0 Å². The number of hydrogen-bond donors (Lipinski definition) is 1. The van der Waals surface area contributed by atoms with Gasteiger partial charge in [-0.05, 0) is 19.4 Å². The zero-order valence-corrected chi connectivity index (χ0v) is 12.2. The lowest BCUT2D eigenvalue weighted by atomic mass is 10.3. The monoisotopic (exact) mass is 292 g/mol. The third kappa shape index (κ3) is 3.51. The fraction of sp³-hybridized carbons (Fsp3) is 0.385. The van der Waals surface area contributed by atoms with Crippen LogP contribution in [0.2, 0.25) is 0 Å². The zero-order valence-electron chi connectivity index (χ0n) is 11.4. The molecular formula is C13H16N4O2S. The van der Waals surface area contributed by atoms with Gasteiger partial charge in [-0.25, -0.2) is 9.67 Å². The van der Waals surface area contributed by atoms with Crippen molar-refractivity contribution < 1.29 is 4.79 Å². The number of aromatic nitrogens is 3. The Morgan fingerprint density at radius 1 is 1.45 bits per heavy atom. The van der Waals surface area contributed by atoms with Crippen molar-refractivity contribution >= 4 is 17.2 Å². The quantitative estimate of drug-likeness (QED) is 0.902. The molecule has 6 nitrogen and oxygen atoms in total. The highest BCUT2D eigenvalue weighted by Gasteiger charge is 2.09. The molecule has 2 aromatic rings. The fourth-order valence-electron chi connectivity index (χ4n) is 1.69. The Balaban J connectivity index is 2.05. The summed E-state index contributed by atoms with van der Waals surface area (Å²) in [6.45, 7) is 4.79. The Kier molecular flexibility index (Phi) is 4.62. The van der Waals surface area contributed by atoms with Crippen molar-refractivity contribution in [2.75, 3.05) is 0 Å². The molecule has 0 aliphatic carbocycles. The summed E-state index contributed by atoms with van der Waals surface area (Å²) in [6.07, 6.45) is 2.53. The Hall–Kier alpha value is -2.02. The van der Waals surface area contributed by atoms with E-state index in [0.717, 1.165) is 16.3 Å². The summed E-state index contributed by atoms with van der Waals surface area (Å²) in [5.41, 5.74) is 0.0563. The lowest BCUT2D eigenvalue weighted by Gasteiger charge is -2.06. The third-order valence-electron chi connectivity index (χ3n) is 2.63. The van der Waals surface area contributed by atoms with Crippen LogP contribution < -0.4 is 10.9 Å². The zero-order chi connectivity index (χ0) is 14.5. The second kappa shape index (κ2) is 6.42. The van der Waals surface area contributed by atoms with Crippen molar-refractivity contribution in [2.24, 2.45) is 0 Å². The van der Waals surface area contributed by atoms with Crippen LogP contribution in [0.4, 0.5) is 0 Å². The summed E-state index contributed by atoms with van der Waals surface area (Å²) in [7, 11) is 0. The highest BCUT2D eigenvalue weighted by Crippen LogP contribution is 2.10. The maximum absolute atomic E-state index is 12.0. The molecule has 20 heavy (non-hydrogen) atoms. The molecule has 0 saturated heterocycles. The van der Waals surface area contributed by atoms with Crippen molar-refractivity contribution in [2.45, 2.75) is 33.4 Å². The minimum atomic E-state index is -0.291. The van der Waals surface area contributed by atoms with Crippen LogP contribution in [0.3, 0.4) is 0 Å². The second-order valence-electron chi connectivity index (χ2n) is 4.31. The Morgan fingerprint density at radius 3 is 2.90 bits per heavy atom. The highest BCUT2D eigenvalue weighted by atomic mass is 32.1. The number of amides is 1. The van der Waals surface area contributed by atoms with Gasteiger partial charge in [0.1, 0.15) is 5.69 Å². The van der Waals surface area contributed by atoms with Gasteiger partial charge in [0.05, 0.1) is 11.6 Å². The smallest absolute Gasteiger partial charge is 0.272 e. The summed E-state index contributed by atoms with van der Waals surface area (Å²) < 4.78 is 1.31. The first-order chi connectivity index (χ1) is 9.60. The van der Waals surface area contributed by atoms with Crippen molar-refractivity contribution in [1.82, 2.24) is 20.1 Å². The van der Waals surface area contributed by atoms with Crippen molar-refractivity contribution in [3.05, 3.63) is 44.3 Å². The van der Waals surface area contributed by atoms with Crippen LogP contribution in [0.5, 0.6) is 0 Å². The topological polar surface area (TPSA) is 76.9 Å². The van der Waals surface area contributed by atoms with E-state index < -0.39 is 0 Å². The largest absolute Gasteiger partial charge is 0.346 e. The number of nitrogens with one attached hydrogen (secondary N) is 1. The number of hydrogen-bond acceptors (Lipinski definition) is 5. The summed E-state index contributed by atoms with van der Waals surface area (Å²) in [5.74, 6) is -0.291. The number of carbonyl (C=O) groups excluding carboxylic acids is 1. The summed E-state index contributed by atoms with van der Waals surface area (Å²) in [4.78, 5) is 28.6. The number of carbonyl (C=O) groups is 1. The van der Waals surface area contributed by atoms with Crippen LogP contribution in [0.15, 0.2) is 23.1 Å². The highest BCUT2D eigenvalue weighted by molar-refractivity contribution is 7.11. The second-order valence-corrected chi connectivity index (χ2v) is 5.63. The van der Waals surface area contributed by atoms with Gasteiger partial charge >= 0.3 is 0 Å². The molecular weight excluding hydrogens is 276 g/mol. The van der Waals surface area contributed by atoms with Crippen LogP contribution >= 0.6 is 11.3 Å². The van der Waals surface area contributed by atoms with E-state index in [-0.39, 0.29) is 17.2 Å². The van der Waals surface area contributed by atoms with E-state index in [2.05, 4.69) is 15.4 Å². The standard InChI is InChI=1S/C13H16N4O2S/c1-3-6-17-12(18)5-4-11(16-17)13(19)15-8-10-7-14-9(2)20-10/h4-5,7H,3,6,8H2,1-2H3,(H,15,19). The van der Waals surface area contributed by atoms with Crippen molar-refractivity contribution in [1.29, 1.82) is 0 Å². The van der Waals surface area contributed by atoms with E-state index in [9.17, 15) is 9.59 Å². The Labute approximate surface area is 120 Å². The van der Waals surface area contributed by atoms with E-state index in [4.69, 9.17) is 0 Å². The van der Waals surface area contributed by atoms with Gasteiger partial charge < -0.3 is 5.32 Å². The molecule has 7 heteroatoms. The minimum Gasteiger partial charge on any atom is -0.346 e. The van der Waals surface area contributed by atoms with Crippen LogP contribution in [0.25, 0.3) is 0 Å². The molecule has 0 atom stereocenters. The molecule has 0 radical (unpaired) electrons. The lowest BCUT2D eigenvalue weighted by Crippen LogP contribution is -2.29. The molecule has 106 valence electrons. The molecule has 1 N–H and O–H groups in total. The Morgan fingerprint density at radius 2 is 2.25 bits per heavy atom. The average Bonchev–Trinajstić information content (AvgIpc) is 2.84. The predicted octanol–water partition coefficient (Wildman–Crippen LogP) is 1.35. The molecule has 2 aromatic heterocycles. The fourth-order valence-corrected chi connectivity index (χ4v) is 2.42. The molecule has 0 spiro atoms. The lowest BCUT2D eigenvalue weighted by molar-refractivity contribution is 0.0943. The van der Waals surface area contributed by atoms with Crippen LogP contribution in [-0.4, -0.2) is 20.7 Å². The molecule has 0 bridgehead atoms. The molecule has 2 rings (SSSR count). The molecule has 1 amide bonds. The number of rotatable bonds is 5. The minimum absolute atomic E-state index is 0.193. The summed E-state index contributed by atoms with van der Waals surface area (Å²) in [5, 5.41) is 7.79. The van der Waals surface area contributed by atoms with Gasteiger partial charge in [-0.2, -0.15) is 5.10 Å². The van der Waals surface area contributed by atoms with Gasteiger partial charge in [0.15, 0.2) is 0 Å². The molecule has 0 saturated carbocycles. The van der Waals surface area contributed by atoms with Gasteiger partial charge in [-0.1, -0.05) is 6.92 Å². The summed E-state index contributed by atoms with van der Waals surface area (Å²) >= 11 is 1.54.